The number of alkyl halides is 1. The second kappa shape index (κ2) is 5.50. The molecule has 0 saturated heterocycles. The summed E-state index contributed by atoms with van der Waals surface area (Å²) in [5.74, 6) is 0.257. The summed E-state index contributed by atoms with van der Waals surface area (Å²) in [5.41, 5.74) is 2.74. The number of carbonyl (C=O) groups excluding carboxylic acids is 1. The number of rotatable bonds is 4. The smallest absolute Gasteiger partial charge is 0.225 e. The Balaban J connectivity index is 2.06. The van der Waals surface area contributed by atoms with E-state index >= 15 is 0 Å². The standard InChI is InChI=1S/C12H12ClN3O/c13-7-5-12(17)15-10-3-1-9(2-4-10)11-6-8-14-16-11/h1-4,6,8H,5,7H2,(H,14,16)(H,15,17). The Hall–Kier alpha value is -1.81. The highest BCUT2D eigenvalue weighted by Crippen LogP contribution is 2.18. The van der Waals surface area contributed by atoms with Gasteiger partial charge in [0.1, 0.15) is 0 Å². The van der Waals surface area contributed by atoms with Crippen molar-refractivity contribution >= 4 is 23.2 Å². The van der Waals surface area contributed by atoms with Crippen molar-refractivity contribution in [1.29, 1.82) is 0 Å². The highest BCUT2D eigenvalue weighted by atomic mass is 35.5. The molecule has 0 aliphatic carbocycles. The minimum absolute atomic E-state index is 0.0747. The predicted molar refractivity (Wildman–Crippen MR) is 68.0 cm³/mol. The molecule has 0 aliphatic rings. The van der Waals surface area contributed by atoms with Crippen LogP contribution in [0.1, 0.15) is 6.42 Å². The third-order valence-electron chi connectivity index (χ3n) is 2.30. The maximum Gasteiger partial charge on any atom is 0.225 e. The fraction of sp³-hybridized carbons (Fsp3) is 0.167. The molecular formula is C12H12ClN3O. The maximum atomic E-state index is 11.3. The molecule has 1 amide bonds. The molecule has 2 rings (SSSR count). The largest absolute Gasteiger partial charge is 0.326 e. The normalized spacial score (nSPS) is 10.2. The van der Waals surface area contributed by atoms with Gasteiger partial charge in [-0.3, -0.25) is 9.89 Å². The number of hydrogen-bond acceptors (Lipinski definition) is 2. The van der Waals surface area contributed by atoms with E-state index in [-0.39, 0.29) is 5.91 Å². The Morgan fingerprint density at radius 3 is 2.65 bits per heavy atom. The first kappa shape index (κ1) is 11.7. The van der Waals surface area contributed by atoms with Crippen molar-refractivity contribution in [1.82, 2.24) is 10.2 Å². The molecule has 1 aromatic carbocycles. The number of anilines is 1. The van der Waals surface area contributed by atoms with Gasteiger partial charge in [0.05, 0.1) is 5.69 Å². The van der Waals surface area contributed by atoms with Crippen LogP contribution in [0.5, 0.6) is 0 Å². The second-order valence-corrected chi connectivity index (χ2v) is 3.91. The summed E-state index contributed by atoms with van der Waals surface area (Å²) in [7, 11) is 0. The van der Waals surface area contributed by atoms with Crippen LogP contribution in [0.3, 0.4) is 0 Å². The zero-order valence-electron chi connectivity index (χ0n) is 9.11. The zero-order valence-corrected chi connectivity index (χ0v) is 9.87. The Kier molecular flexibility index (Phi) is 3.77. The molecule has 0 fully saturated rings. The summed E-state index contributed by atoms with van der Waals surface area (Å²) in [5, 5.41) is 9.53. The Labute approximate surface area is 104 Å². The van der Waals surface area contributed by atoms with Gasteiger partial charge < -0.3 is 5.32 Å². The van der Waals surface area contributed by atoms with Gasteiger partial charge in [-0.15, -0.1) is 11.6 Å². The molecule has 1 heterocycles. The Morgan fingerprint density at radius 2 is 2.06 bits per heavy atom. The molecule has 0 bridgehead atoms. The molecule has 0 saturated carbocycles. The van der Waals surface area contributed by atoms with Gasteiger partial charge in [0.25, 0.3) is 0 Å². The van der Waals surface area contributed by atoms with Crippen LogP contribution in [0.15, 0.2) is 36.5 Å². The lowest BCUT2D eigenvalue weighted by molar-refractivity contribution is -0.115. The topological polar surface area (TPSA) is 57.8 Å². The van der Waals surface area contributed by atoms with Gasteiger partial charge in [-0.05, 0) is 23.8 Å². The van der Waals surface area contributed by atoms with Crippen LogP contribution in [0.25, 0.3) is 11.3 Å². The highest BCUT2D eigenvalue weighted by molar-refractivity contribution is 6.19. The van der Waals surface area contributed by atoms with E-state index in [1.54, 1.807) is 6.20 Å². The molecule has 88 valence electrons. The number of nitrogens with one attached hydrogen (secondary N) is 2. The fourth-order valence-corrected chi connectivity index (χ4v) is 1.63. The van der Waals surface area contributed by atoms with E-state index in [1.807, 2.05) is 30.3 Å². The average Bonchev–Trinajstić information content (AvgIpc) is 2.84. The molecule has 1 aromatic heterocycles. The van der Waals surface area contributed by atoms with Crippen LogP contribution < -0.4 is 5.32 Å². The van der Waals surface area contributed by atoms with Crippen LogP contribution in [-0.2, 0) is 4.79 Å². The quantitative estimate of drug-likeness (QED) is 0.819. The number of nitrogens with zero attached hydrogens (tertiary/aromatic N) is 1. The summed E-state index contributed by atoms with van der Waals surface area (Å²) < 4.78 is 0. The highest BCUT2D eigenvalue weighted by Gasteiger charge is 2.02. The maximum absolute atomic E-state index is 11.3. The molecule has 0 unspecified atom stereocenters. The number of halogens is 1. The van der Waals surface area contributed by atoms with Crippen molar-refractivity contribution < 1.29 is 4.79 Å². The first-order valence-corrected chi connectivity index (χ1v) is 5.78. The van der Waals surface area contributed by atoms with Crippen molar-refractivity contribution in [2.75, 3.05) is 11.2 Å². The van der Waals surface area contributed by atoms with Gasteiger partial charge in [-0.2, -0.15) is 5.10 Å². The van der Waals surface area contributed by atoms with E-state index < -0.39 is 0 Å². The van der Waals surface area contributed by atoms with E-state index in [0.717, 1.165) is 16.9 Å². The number of H-pyrrole nitrogens is 1. The summed E-state index contributed by atoms with van der Waals surface area (Å²) in [6.07, 6.45) is 2.02. The van der Waals surface area contributed by atoms with Crippen LogP contribution in [0, 0.1) is 0 Å². The molecule has 0 spiro atoms. The lowest BCUT2D eigenvalue weighted by Crippen LogP contribution is -2.11. The van der Waals surface area contributed by atoms with E-state index in [4.69, 9.17) is 11.6 Å². The Morgan fingerprint density at radius 1 is 1.29 bits per heavy atom. The predicted octanol–water partition coefficient (Wildman–Crippen LogP) is 2.64. The lowest BCUT2D eigenvalue weighted by Gasteiger charge is -2.04. The van der Waals surface area contributed by atoms with Gasteiger partial charge in [-0.25, -0.2) is 0 Å². The number of benzene rings is 1. The number of hydrogen-bond donors (Lipinski definition) is 2. The SMILES string of the molecule is O=C(CCCl)Nc1ccc(-c2ccn[nH]2)cc1. The van der Waals surface area contributed by atoms with Crippen LogP contribution in [0.4, 0.5) is 5.69 Å². The molecule has 0 aliphatic heterocycles. The van der Waals surface area contributed by atoms with Crippen molar-refractivity contribution in [2.24, 2.45) is 0 Å². The molecule has 17 heavy (non-hydrogen) atoms. The van der Waals surface area contributed by atoms with Crippen molar-refractivity contribution in [3.8, 4) is 11.3 Å². The van der Waals surface area contributed by atoms with E-state index in [9.17, 15) is 4.79 Å². The van der Waals surface area contributed by atoms with Gasteiger partial charge in [0.2, 0.25) is 5.91 Å². The first-order chi connectivity index (χ1) is 8.29. The van der Waals surface area contributed by atoms with Crippen molar-refractivity contribution in [2.45, 2.75) is 6.42 Å². The summed E-state index contributed by atoms with van der Waals surface area (Å²) in [6, 6.07) is 9.43. The second-order valence-electron chi connectivity index (χ2n) is 3.53. The monoisotopic (exact) mass is 249 g/mol. The number of amides is 1. The Bertz CT molecular complexity index is 479. The van der Waals surface area contributed by atoms with Crippen LogP contribution in [0.2, 0.25) is 0 Å². The van der Waals surface area contributed by atoms with Gasteiger partial charge >= 0.3 is 0 Å². The molecule has 5 heteroatoms. The van der Waals surface area contributed by atoms with Crippen molar-refractivity contribution in [3.63, 3.8) is 0 Å². The minimum Gasteiger partial charge on any atom is -0.326 e. The molecule has 0 radical (unpaired) electrons. The molecule has 2 N–H and O–H groups in total. The molecule has 4 nitrogen and oxygen atoms in total. The van der Waals surface area contributed by atoms with Crippen molar-refractivity contribution in [3.05, 3.63) is 36.5 Å². The van der Waals surface area contributed by atoms with E-state index in [0.29, 0.717) is 12.3 Å². The molecule has 0 atom stereocenters. The van der Waals surface area contributed by atoms with Crippen LogP contribution >= 0.6 is 11.6 Å². The van der Waals surface area contributed by atoms with Gasteiger partial charge in [-0.1, -0.05) is 12.1 Å². The lowest BCUT2D eigenvalue weighted by atomic mass is 10.1. The summed E-state index contributed by atoms with van der Waals surface area (Å²) in [4.78, 5) is 11.3. The molecule has 2 aromatic rings. The fourth-order valence-electron chi connectivity index (χ4n) is 1.46. The van der Waals surface area contributed by atoms with E-state index in [1.165, 1.54) is 0 Å². The third kappa shape index (κ3) is 3.07. The summed E-state index contributed by atoms with van der Waals surface area (Å²) >= 11 is 5.48. The first-order valence-electron chi connectivity index (χ1n) is 5.25. The van der Waals surface area contributed by atoms with E-state index in [2.05, 4.69) is 15.5 Å². The van der Waals surface area contributed by atoms with Gasteiger partial charge in [0.15, 0.2) is 0 Å². The zero-order chi connectivity index (χ0) is 12.1. The average molecular weight is 250 g/mol. The number of carbonyl (C=O) groups is 1. The van der Waals surface area contributed by atoms with Crippen LogP contribution in [-0.4, -0.2) is 22.0 Å². The summed E-state index contributed by atoms with van der Waals surface area (Å²) in [6.45, 7) is 0. The minimum atomic E-state index is -0.0747. The number of aromatic amines is 1. The third-order valence-corrected chi connectivity index (χ3v) is 2.49. The van der Waals surface area contributed by atoms with Gasteiger partial charge in [0, 0.05) is 24.2 Å². The number of aromatic nitrogens is 2. The molecular weight excluding hydrogens is 238 g/mol.